The number of hydrogen-bond donors (Lipinski definition) is 3. The van der Waals surface area contributed by atoms with Crippen LogP contribution in [0.5, 0.6) is 0 Å². The SMILES string of the molecule is CCC(C)(CNC(=O)OCC1c2ccccc2-c2ccccc21)C(=O)N[C@@H](C)CC(=O)O. The summed E-state index contributed by atoms with van der Waals surface area (Å²) in [4.78, 5) is 35.9. The molecule has 3 N–H and O–H groups in total. The van der Waals surface area contributed by atoms with E-state index in [9.17, 15) is 14.4 Å². The van der Waals surface area contributed by atoms with Gasteiger partial charge in [-0.05, 0) is 42.5 Å². The number of carbonyl (C=O) groups is 3. The van der Waals surface area contributed by atoms with Crippen molar-refractivity contribution in [3.8, 4) is 11.1 Å². The number of amides is 2. The molecule has 170 valence electrons. The number of ether oxygens (including phenoxy) is 1. The molecule has 0 heterocycles. The van der Waals surface area contributed by atoms with Crippen LogP contribution in [0.4, 0.5) is 4.79 Å². The lowest BCUT2D eigenvalue weighted by Crippen LogP contribution is -2.49. The van der Waals surface area contributed by atoms with E-state index in [2.05, 4.69) is 34.9 Å². The van der Waals surface area contributed by atoms with Gasteiger partial charge in [-0.1, -0.05) is 55.5 Å². The van der Waals surface area contributed by atoms with Crippen molar-refractivity contribution in [2.45, 2.75) is 45.6 Å². The van der Waals surface area contributed by atoms with Crippen molar-refractivity contribution in [2.24, 2.45) is 5.41 Å². The van der Waals surface area contributed by atoms with Crippen LogP contribution in [0, 0.1) is 5.41 Å². The zero-order valence-corrected chi connectivity index (χ0v) is 18.7. The summed E-state index contributed by atoms with van der Waals surface area (Å²) >= 11 is 0. The van der Waals surface area contributed by atoms with Crippen molar-refractivity contribution in [3.63, 3.8) is 0 Å². The summed E-state index contributed by atoms with van der Waals surface area (Å²) in [6.07, 6.45) is -0.272. The van der Waals surface area contributed by atoms with Gasteiger partial charge in [0.25, 0.3) is 0 Å². The monoisotopic (exact) mass is 438 g/mol. The van der Waals surface area contributed by atoms with Gasteiger partial charge in [-0.15, -0.1) is 0 Å². The van der Waals surface area contributed by atoms with Crippen LogP contribution >= 0.6 is 0 Å². The second-order valence-electron chi connectivity index (χ2n) is 8.57. The number of nitrogens with one attached hydrogen (secondary N) is 2. The topological polar surface area (TPSA) is 105 Å². The van der Waals surface area contributed by atoms with Crippen molar-refractivity contribution in [3.05, 3.63) is 59.7 Å². The third-order valence-electron chi connectivity index (χ3n) is 6.15. The summed E-state index contributed by atoms with van der Waals surface area (Å²) in [6.45, 7) is 5.51. The van der Waals surface area contributed by atoms with Crippen LogP contribution in [0.3, 0.4) is 0 Å². The lowest BCUT2D eigenvalue weighted by molar-refractivity contribution is -0.138. The van der Waals surface area contributed by atoms with E-state index in [0.717, 1.165) is 22.3 Å². The molecule has 32 heavy (non-hydrogen) atoms. The van der Waals surface area contributed by atoms with Crippen molar-refractivity contribution in [1.82, 2.24) is 10.6 Å². The van der Waals surface area contributed by atoms with E-state index in [4.69, 9.17) is 9.84 Å². The first kappa shape index (κ1) is 23.3. The molecule has 0 radical (unpaired) electrons. The molecule has 0 spiro atoms. The van der Waals surface area contributed by atoms with Crippen molar-refractivity contribution >= 4 is 18.0 Å². The third-order valence-corrected chi connectivity index (χ3v) is 6.15. The fourth-order valence-corrected chi connectivity index (χ4v) is 3.99. The molecule has 0 saturated carbocycles. The summed E-state index contributed by atoms with van der Waals surface area (Å²) in [6, 6.07) is 15.7. The number of rotatable bonds is 9. The van der Waals surface area contributed by atoms with Crippen LogP contribution in [-0.4, -0.2) is 42.3 Å². The molecule has 0 aliphatic heterocycles. The molecule has 2 amide bonds. The summed E-state index contributed by atoms with van der Waals surface area (Å²) in [5, 5.41) is 14.3. The highest BCUT2D eigenvalue weighted by atomic mass is 16.5. The number of carboxylic acids is 1. The minimum Gasteiger partial charge on any atom is -0.481 e. The second-order valence-corrected chi connectivity index (χ2v) is 8.57. The molecular formula is C25H30N2O5. The average Bonchev–Trinajstić information content (AvgIpc) is 3.09. The summed E-state index contributed by atoms with van der Waals surface area (Å²) in [5.74, 6) is -1.31. The molecule has 1 aliphatic carbocycles. The number of alkyl carbamates (subject to hydrolysis) is 1. The van der Waals surface area contributed by atoms with Crippen LogP contribution in [0.2, 0.25) is 0 Å². The lowest BCUT2D eigenvalue weighted by atomic mass is 9.86. The molecule has 1 unspecified atom stereocenters. The largest absolute Gasteiger partial charge is 0.481 e. The standard InChI is InChI=1S/C25H30N2O5/c1-4-25(3,23(30)27-16(2)13-22(28)29)15-26-24(31)32-14-21-19-11-7-5-9-17(19)18-10-6-8-12-20(18)21/h5-12,16,21H,4,13-15H2,1-3H3,(H,26,31)(H,27,30)(H,28,29)/t16-,25?/m0/s1. The van der Waals surface area contributed by atoms with Gasteiger partial charge in [0.1, 0.15) is 6.61 Å². The normalized spacial score (nSPS) is 15.1. The van der Waals surface area contributed by atoms with E-state index in [1.807, 2.05) is 31.2 Å². The Morgan fingerprint density at radius 3 is 2.16 bits per heavy atom. The van der Waals surface area contributed by atoms with Crippen LogP contribution < -0.4 is 10.6 Å². The first-order valence-electron chi connectivity index (χ1n) is 10.9. The Labute approximate surface area is 188 Å². The van der Waals surface area contributed by atoms with E-state index in [1.165, 1.54) is 0 Å². The van der Waals surface area contributed by atoms with Crippen LogP contribution in [0.1, 0.15) is 50.7 Å². The maximum atomic E-state index is 12.6. The second kappa shape index (κ2) is 9.85. The molecule has 2 aromatic carbocycles. The Bertz CT molecular complexity index is 960. The maximum absolute atomic E-state index is 12.6. The molecule has 0 saturated heterocycles. The van der Waals surface area contributed by atoms with Gasteiger partial charge in [0, 0.05) is 18.5 Å². The van der Waals surface area contributed by atoms with Crippen molar-refractivity contribution < 1.29 is 24.2 Å². The molecule has 0 bridgehead atoms. The van der Waals surface area contributed by atoms with Gasteiger partial charge >= 0.3 is 12.1 Å². The van der Waals surface area contributed by atoms with Gasteiger partial charge in [-0.2, -0.15) is 0 Å². The van der Waals surface area contributed by atoms with Gasteiger partial charge in [0.05, 0.1) is 11.8 Å². The summed E-state index contributed by atoms with van der Waals surface area (Å²) in [5.41, 5.74) is 3.70. The Kier molecular flexibility index (Phi) is 7.18. The van der Waals surface area contributed by atoms with E-state index < -0.39 is 23.5 Å². The first-order valence-corrected chi connectivity index (χ1v) is 10.9. The molecule has 0 fully saturated rings. The highest BCUT2D eigenvalue weighted by Gasteiger charge is 2.33. The molecule has 7 heteroatoms. The zero-order valence-electron chi connectivity index (χ0n) is 18.7. The minimum absolute atomic E-state index is 0.0362. The van der Waals surface area contributed by atoms with E-state index in [0.29, 0.717) is 6.42 Å². The van der Waals surface area contributed by atoms with E-state index in [1.54, 1.807) is 13.8 Å². The number of benzene rings is 2. The smallest absolute Gasteiger partial charge is 0.407 e. The highest BCUT2D eigenvalue weighted by Crippen LogP contribution is 2.44. The summed E-state index contributed by atoms with van der Waals surface area (Å²) < 4.78 is 5.53. The van der Waals surface area contributed by atoms with Crippen LogP contribution in [-0.2, 0) is 14.3 Å². The molecule has 7 nitrogen and oxygen atoms in total. The van der Waals surface area contributed by atoms with Crippen molar-refractivity contribution in [2.75, 3.05) is 13.2 Å². The van der Waals surface area contributed by atoms with Gasteiger partial charge in [0.2, 0.25) is 5.91 Å². The predicted octanol–water partition coefficient (Wildman–Crippen LogP) is 3.92. The van der Waals surface area contributed by atoms with E-state index in [-0.39, 0.29) is 31.4 Å². The highest BCUT2D eigenvalue weighted by molar-refractivity contribution is 5.84. The summed E-state index contributed by atoms with van der Waals surface area (Å²) in [7, 11) is 0. The third kappa shape index (κ3) is 5.10. The fourth-order valence-electron chi connectivity index (χ4n) is 3.99. The average molecular weight is 439 g/mol. The fraction of sp³-hybridized carbons (Fsp3) is 0.400. The van der Waals surface area contributed by atoms with E-state index >= 15 is 0 Å². The molecule has 2 atom stereocenters. The zero-order chi connectivity index (χ0) is 23.3. The number of aliphatic carboxylic acids is 1. The molecule has 1 aliphatic rings. The lowest BCUT2D eigenvalue weighted by Gasteiger charge is -2.28. The Balaban J connectivity index is 1.58. The number of carbonyl (C=O) groups excluding carboxylic acids is 2. The Morgan fingerprint density at radius 1 is 1.06 bits per heavy atom. The van der Waals surface area contributed by atoms with Gasteiger partial charge < -0.3 is 20.5 Å². The molecular weight excluding hydrogens is 408 g/mol. The first-order chi connectivity index (χ1) is 15.2. The minimum atomic E-state index is -0.979. The number of fused-ring (bicyclic) bond motifs is 3. The molecule has 0 aromatic heterocycles. The van der Waals surface area contributed by atoms with Gasteiger partial charge in [-0.25, -0.2) is 4.79 Å². The van der Waals surface area contributed by atoms with Crippen LogP contribution in [0.15, 0.2) is 48.5 Å². The quantitative estimate of drug-likeness (QED) is 0.550. The van der Waals surface area contributed by atoms with Gasteiger partial charge in [-0.3, -0.25) is 9.59 Å². The maximum Gasteiger partial charge on any atom is 0.407 e. The Morgan fingerprint density at radius 2 is 1.62 bits per heavy atom. The van der Waals surface area contributed by atoms with Gasteiger partial charge in [0.15, 0.2) is 0 Å². The predicted molar refractivity (Wildman–Crippen MR) is 121 cm³/mol. The van der Waals surface area contributed by atoms with Crippen LogP contribution in [0.25, 0.3) is 11.1 Å². The number of hydrogen-bond acceptors (Lipinski definition) is 4. The molecule has 3 rings (SSSR count). The van der Waals surface area contributed by atoms with Crippen molar-refractivity contribution in [1.29, 1.82) is 0 Å². The number of carboxylic acid groups (broad SMARTS) is 1. The Hall–Kier alpha value is -3.35. The molecule has 2 aromatic rings.